The molecule has 0 aliphatic rings. The third-order valence-electron chi connectivity index (χ3n) is 7.76. The van der Waals surface area contributed by atoms with Gasteiger partial charge in [0.25, 0.3) is 0 Å². The van der Waals surface area contributed by atoms with Crippen LogP contribution in [0.1, 0.15) is 149 Å². The smallest absolute Gasteiger partial charge is 0.328 e. The molecule has 9 nitrogen and oxygen atoms in total. The van der Waals surface area contributed by atoms with Crippen LogP contribution < -0.4 is 10.6 Å². The summed E-state index contributed by atoms with van der Waals surface area (Å²) >= 11 is 0. The number of allylic oxidation sites excluding steroid dienone is 7. The van der Waals surface area contributed by atoms with E-state index in [1.807, 2.05) is 6.08 Å². The van der Waals surface area contributed by atoms with Gasteiger partial charge in [0.2, 0.25) is 11.8 Å². The third kappa shape index (κ3) is 30.2. The summed E-state index contributed by atoms with van der Waals surface area (Å²) in [5.74, 6) is -2.45. The number of hydrogen-bond acceptors (Lipinski definition) is 6. The zero-order valence-corrected chi connectivity index (χ0v) is 30.0. The summed E-state index contributed by atoms with van der Waals surface area (Å²) in [7, 11) is 0. The number of aliphatic hydroxyl groups excluding tert-OH is 1. The predicted molar refractivity (Wildman–Crippen MR) is 194 cm³/mol. The van der Waals surface area contributed by atoms with Gasteiger partial charge in [0.05, 0.1) is 13.2 Å². The van der Waals surface area contributed by atoms with Crippen LogP contribution in [0.2, 0.25) is 0 Å². The number of hydrogen-bond donors (Lipinski definition) is 4. The average Bonchev–Trinajstić information content (AvgIpc) is 3.07. The number of unbranched alkanes of at least 4 members (excludes halogenated alkanes) is 12. The van der Waals surface area contributed by atoms with Crippen LogP contribution in [0.4, 0.5) is 0 Å². The molecule has 0 aromatic rings. The minimum absolute atomic E-state index is 0.147. The summed E-state index contributed by atoms with van der Waals surface area (Å²) in [5, 5.41) is 22.4. The molecule has 4 N–H and O–H groups in total. The third-order valence-corrected chi connectivity index (χ3v) is 7.76. The summed E-state index contributed by atoms with van der Waals surface area (Å²) in [6, 6.07) is -1.39. The maximum atomic E-state index is 12.6. The molecule has 0 fully saturated rings. The van der Waals surface area contributed by atoms with Crippen molar-refractivity contribution in [1.29, 1.82) is 0 Å². The molecule has 0 aromatic heterocycles. The first kappa shape index (κ1) is 44.8. The number of nitrogens with one attached hydrogen (secondary N) is 2. The lowest BCUT2D eigenvalue weighted by molar-refractivity contribution is -0.147. The van der Waals surface area contributed by atoms with Gasteiger partial charge in [0.15, 0.2) is 0 Å². The molecule has 274 valence electrons. The molecule has 2 amide bonds. The zero-order valence-electron chi connectivity index (χ0n) is 30.0. The van der Waals surface area contributed by atoms with E-state index in [1.54, 1.807) is 0 Å². The number of amides is 2. The summed E-state index contributed by atoms with van der Waals surface area (Å²) in [5.41, 5.74) is 0. The summed E-state index contributed by atoms with van der Waals surface area (Å²) in [4.78, 5) is 47.2. The lowest BCUT2D eigenvalue weighted by Crippen LogP contribution is -2.47. The number of ether oxygens (including phenoxy) is 1. The number of esters is 1. The molecule has 0 saturated carbocycles. The van der Waals surface area contributed by atoms with Gasteiger partial charge >= 0.3 is 11.9 Å². The second-order valence-electron chi connectivity index (χ2n) is 12.3. The highest BCUT2D eigenvalue weighted by Gasteiger charge is 2.18. The summed E-state index contributed by atoms with van der Waals surface area (Å²) in [6.45, 7) is 3.31. The monoisotopic (exact) mass is 674 g/mol. The van der Waals surface area contributed by atoms with Crippen molar-refractivity contribution in [3.63, 3.8) is 0 Å². The molecule has 0 aliphatic carbocycles. The van der Waals surface area contributed by atoms with Gasteiger partial charge in [-0.25, -0.2) is 4.79 Å². The minimum atomic E-state index is -1.39. The van der Waals surface area contributed by atoms with Crippen molar-refractivity contribution < 1.29 is 34.1 Å². The molecule has 0 radical (unpaired) electrons. The lowest BCUT2D eigenvalue weighted by atomic mass is 10.1. The van der Waals surface area contributed by atoms with E-state index in [2.05, 4.69) is 67.0 Å². The maximum Gasteiger partial charge on any atom is 0.328 e. The Bertz CT molecular complexity index is 958. The Hall–Kier alpha value is -3.20. The Morgan fingerprint density at radius 2 is 1.23 bits per heavy atom. The van der Waals surface area contributed by atoms with E-state index < -0.39 is 24.5 Å². The van der Waals surface area contributed by atoms with Crippen molar-refractivity contribution >= 4 is 23.8 Å². The first-order valence-corrected chi connectivity index (χ1v) is 18.5. The van der Waals surface area contributed by atoms with Crippen LogP contribution in [0.15, 0.2) is 48.6 Å². The highest BCUT2D eigenvalue weighted by molar-refractivity contribution is 5.87. The molecule has 9 heteroatoms. The van der Waals surface area contributed by atoms with E-state index in [4.69, 9.17) is 14.9 Å². The number of carboxylic acids is 1. The Labute approximate surface area is 290 Å². The standard InChI is InChI=1S/C39H66N2O7/c1-3-5-7-9-11-12-13-14-15-16-17-18-19-21-27-31-38(45)48-34(28-24-20-10-8-6-4-2)29-25-22-23-26-30-36(43)40-32-37(44)41-35(33-42)39(46)47/h8,10-12,14-15,24,28,34-35,42H,3-7,9,13,16-23,25-27,29-33H2,1-2H3,(H,40,43)(H,41,44)(H,46,47)/b10-8-,12-11-,15-14-,28-24-. The second-order valence-corrected chi connectivity index (χ2v) is 12.3. The Kier molecular flexibility index (Phi) is 31.4. The van der Waals surface area contributed by atoms with Gasteiger partial charge < -0.3 is 25.6 Å². The number of aliphatic hydroxyl groups is 1. The molecule has 2 unspecified atom stereocenters. The highest BCUT2D eigenvalue weighted by Crippen LogP contribution is 2.14. The van der Waals surface area contributed by atoms with E-state index >= 15 is 0 Å². The normalized spacial score (nSPS) is 13.1. The first-order chi connectivity index (χ1) is 23.3. The number of carboxylic acid groups (broad SMARTS) is 1. The van der Waals surface area contributed by atoms with Crippen LogP contribution >= 0.6 is 0 Å². The van der Waals surface area contributed by atoms with Crippen molar-refractivity contribution in [2.45, 2.75) is 161 Å². The Morgan fingerprint density at radius 3 is 1.88 bits per heavy atom. The molecule has 0 saturated heterocycles. The first-order valence-electron chi connectivity index (χ1n) is 18.5. The molecular formula is C39H66N2O7. The number of aliphatic carboxylic acids is 1. The van der Waals surface area contributed by atoms with E-state index in [-0.39, 0.29) is 30.9 Å². The van der Waals surface area contributed by atoms with Crippen molar-refractivity contribution in [2.24, 2.45) is 0 Å². The molecule has 2 atom stereocenters. The molecule has 0 spiro atoms. The SMILES string of the molecule is CCC/C=C\C/C=C\C(CCCCCCC(=O)NCC(=O)NC(CO)C(=O)O)OC(=O)CCCCCCC/C=C\C/C=C\CCCCC. The van der Waals surface area contributed by atoms with Crippen LogP contribution in [0.5, 0.6) is 0 Å². The van der Waals surface area contributed by atoms with E-state index in [9.17, 15) is 19.2 Å². The van der Waals surface area contributed by atoms with E-state index in [0.29, 0.717) is 12.8 Å². The topological polar surface area (TPSA) is 142 Å². The van der Waals surface area contributed by atoms with Gasteiger partial charge in [-0.15, -0.1) is 0 Å². The molecule has 0 aromatic carbocycles. The van der Waals surface area contributed by atoms with Crippen molar-refractivity contribution in [3.8, 4) is 0 Å². The fourth-order valence-corrected chi connectivity index (χ4v) is 4.88. The van der Waals surface area contributed by atoms with Crippen molar-refractivity contribution in [3.05, 3.63) is 48.6 Å². The van der Waals surface area contributed by atoms with Crippen molar-refractivity contribution in [2.75, 3.05) is 13.2 Å². The van der Waals surface area contributed by atoms with Gasteiger partial charge in [-0.05, 0) is 76.7 Å². The van der Waals surface area contributed by atoms with E-state index in [0.717, 1.165) is 77.0 Å². The second kappa shape index (κ2) is 33.7. The fraction of sp³-hybridized carbons (Fsp3) is 0.692. The predicted octanol–water partition coefficient (Wildman–Crippen LogP) is 8.03. The number of carbonyl (C=O) groups is 4. The molecule has 0 bridgehead atoms. The van der Waals surface area contributed by atoms with Gasteiger partial charge in [0, 0.05) is 12.8 Å². The Morgan fingerprint density at radius 1 is 0.646 bits per heavy atom. The van der Waals surface area contributed by atoms with Crippen LogP contribution in [0.25, 0.3) is 0 Å². The minimum Gasteiger partial charge on any atom is -0.480 e. The maximum absolute atomic E-state index is 12.6. The van der Waals surface area contributed by atoms with Crippen LogP contribution in [0, 0.1) is 0 Å². The largest absolute Gasteiger partial charge is 0.480 e. The van der Waals surface area contributed by atoms with Gasteiger partial charge in [-0.2, -0.15) is 0 Å². The number of carbonyl (C=O) groups excluding carboxylic acids is 3. The van der Waals surface area contributed by atoms with Gasteiger partial charge in [-0.3, -0.25) is 14.4 Å². The van der Waals surface area contributed by atoms with Crippen LogP contribution in [0.3, 0.4) is 0 Å². The molecular weight excluding hydrogens is 608 g/mol. The molecule has 48 heavy (non-hydrogen) atoms. The van der Waals surface area contributed by atoms with Gasteiger partial charge in [0.1, 0.15) is 12.1 Å². The van der Waals surface area contributed by atoms with Crippen molar-refractivity contribution in [1.82, 2.24) is 10.6 Å². The highest BCUT2D eigenvalue weighted by atomic mass is 16.5. The van der Waals surface area contributed by atoms with Crippen LogP contribution in [-0.2, 0) is 23.9 Å². The summed E-state index contributed by atoms with van der Waals surface area (Å²) in [6.07, 6.45) is 37.4. The zero-order chi connectivity index (χ0) is 35.5. The van der Waals surface area contributed by atoms with E-state index in [1.165, 1.54) is 38.5 Å². The molecule has 0 aliphatic heterocycles. The number of rotatable bonds is 32. The lowest BCUT2D eigenvalue weighted by Gasteiger charge is -2.15. The summed E-state index contributed by atoms with van der Waals surface area (Å²) < 4.78 is 5.83. The van der Waals surface area contributed by atoms with Gasteiger partial charge in [-0.1, -0.05) is 108 Å². The fourth-order valence-electron chi connectivity index (χ4n) is 4.88. The van der Waals surface area contributed by atoms with Crippen LogP contribution in [-0.4, -0.2) is 59.3 Å². The average molecular weight is 675 g/mol. The molecule has 0 rings (SSSR count). The quantitative estimate of drug-likeness (QED) is 0.0321. The Balaban J connectivity index is 4.26. The molecule has 0 heterocycles.